The Morgan fingerprint density at radius 2 is 1.96 bits per heavy atom. The van der Waals surface area contributed by atoms with E-state index in [1.54, 1.807) is 11.3 Å². The monoisotopic (exact) mass is 365 g/mol. The maximum atomic E-state index is 12.4. The Morgan fingerprint density at radius 1 is 1.19 bits per heavy atom. The minimum atomic E-state index is -0.201. The molecule has 3 aromatic rings. The summed E-state index contributed by atoms with van der Waals surface area (Å²) in [5.41, 5.74) is 3.57. The van der Waals surface area contributed by atoms with Gasteiger partial charge in [-0.15, -0.1) is 11.3 Å². The average Bonchev–Trinajstić information content (AvgIpc) is 3.09. The van der Waals surface area contributed by atoms with E-state index >= 15 is 0 Å². The zero-order valence-corrected chi connectivity index (χ0v) is 15.4. The normalized spacial score (nSPS) is 16.2. The highest BCUT2D eigenvalue weighted by atomic mass is 32.1. The summed E-state index contributed by atoms with van der Waals surface area (Å²) < 4.78 is 5.80. The quantitative estimate of drug-likeness (QED) is 0.762. The number of ether oxygens (including phenoxy) is 1. The van der Waals surface area contributed by atoms with Crippen LogP contribution in [0, 0.1) is 6.92 Å². The van der Waals surface area contributed by atoms with Crippen molar-refractivity contribution in [2.75, 3.05) is 11.9 Å². The number of hydrogen-bond acceptors (Lipinski definition) is 5. The number of thiazole rings is 1. The summed E-state index contributed by atoms with van der Waals surface area (Å²) in [5, 5.41) is 6.10. The molecule has 1 N–H and O–H groups in total. The van der Waals surface area contributed by atoms with Gasteiger partial charge in [-0.05, 0) is 36.8 Å². The van der Waals surface area contributed by atoms with Crippen LogP contribution in [0.1, 0.15) is 32.8 Å². The van der Waals surface area contributed by atoms with Crippen molar-refractivity contribution >= 4 is 22.9 Å². The topological polar surface area (TPSA) is 54.5 Å². The van der Waals surface area contributed by atoms with Crippen LogP contribution in [0.25, 0.3) is 0 Å². The van der Waals surface area contributed by atoms with Gasteiger partial charge >= 0.3 is 0 Å². The highest BCUT2D eigenvalue weighted by Gasteiger charge is 2.28. The fraction of sp³-hybridized carbons (Fsp3) is 0.200. The van der Waals surface area contributed by atoms with Crippen LogP contribution in [0.4, 0.5) is 5.69 Å². The van der Waals surface area contributed by atoms with Crippen LogP contribution in [0.2, 0.25) is 0 Å². The average molecular weight is 365 g/mol. The van der Waals surface area contributed by atoms with E-state index in [4.69, 9.17) is 4.74 Å². The Hall–Kier alpha value is -2.86. The Labute approximate surface area is 156 Å². The van der Waals surface area contributed by atoms with Crippen LogP contribution in [-0.2, 0) is 6.61 Å². The Balaban J connectivity index is 1.49. The summed E-state index contributed by atoms with van der Waals surface area (Å²) >= 11 is 1.62. The van der Waals surface area contributed by atoms with Crippen LogP contribution in [0.15, 0.2) is 53.9 Å². The molecule has 132 valence electrons. The molecule has 0 radical (unpaired) electrons. The number of amides is 1. The molecule has 0 fully saturated rings. The van der Waals surface area contributed by atoms with Crippen LogP contribution >= 0.6 is 11.3 Å². The molecule has 0 spiro atoms. The van der Waals surface area contributed by atoms with Crippen LogP contribution in [0.3, 0.4) is 0 Å². The van der Waals surface area contributed by atoms with Gasteiger partial charge in [0.05, 0.1) is 22.0 Å². The molecule has 5 nitrogen and oxygen atoms in total. The van der Waals surface area contributed by atoms with Gasteiger partial charge in [-0.2, -0.15) is 0 Å². The van der Waals surface area contributed by atoms with Gasteiger partial charge in [0.15, 0.2) is 0 Å². The maximum absolute atomic E-state index is 12.4. The van der Waals surface area contributed by atoms with E-state index in [-0.39, 0.29) is 12.1 Å². The van der Waals surface area contributed by atoms with Crippen molar-refractivity contribution in [2.24, 2.45) is 0 Å². The van der Waals surface area contributed by atoms with Crippen molar-refractivity contribution in [1.29, 1.82) is 0 Å². The highest BCUT2D eigenvalue weighted by molar-refractivity contribution is 7.09. The molecule has 1 aromatic heterocycles. The molecule has 1 aliphatic heterocycles. The van der Waals surface area contributed by atoms with E-state index in [0.717, 1.165) is 27.7 Å². The number of carbonyl (C=O) groups excluding carboxylic acids is 1. The molecule has 0 saturated heterocycles. The van der Waals surface area contributed by atoms with Gasteiger partial charge in [0.25, 0.3) is 5.91 Å². The van der Waals surface area contributed by atoms with E-state index in [1.807, 2.05) is 67.9 Å². The zero-order valence-electron chi connectivity index (χ0n) is 14.6. The predicted octanol–water partition coefficient (Wildman–Crippen LogP) is 3.91. The highest BCUT2D eigenvalue weighted by Crippen LogP contribution is 2.32. The van der Waals surface area contributed by atoms with Gasteiger partial charge in [0, 0.05) is 12.4 Å². The smallest absolute Gasteiger partial charge is 0.255 e. The van der Waals surface area contributed by atoms with Crippen LogP contribution in [-0.4, -0.2) is 17.9 Å². The van der Waals surface area contributed by atoms with Gasteiger partial charge < -0.3 is 15.0 Å². The molecule has 26 heavy (non-hydrogen) atoms. The number of hydrogen-bond donors (Lipinski definition) is 1. The Morgan fingerprint density at radius 3 is 2.69 bits per heavy atom. The van der Waals surface area contributed by atoms with E-state index in [9.17, 15) is 4.79 Å². The van der Waals surface area contributed by atoms with Crippen LogP contribution < -0.4 is 15.0 Å². The van der Waals surface area contributed by atoms with E-state index in [1.165, 1.54) is 0 Å². The number of benzene rings is 2. The summed E-state index contributed by atoms with van der Waals surface area (Å²) in [7, 11) is 1.98. The number of nitrogens with zero attached hydrogens (tertiary/aromatic N) is 2. The van der Waals surface area contributed by atoms with Crippen molar-refractivity contribution in [3.63, 3.8) is 0 Å². The zero-order chi connectivity index (χ0) is 18.1. The second-order valence-electron chi connectivity index (χ2n) is 6.22. The second kappa shape index (κ2) is 6.80. The van der Waals surface area contributed by atoms with E-state index in [2.05, 4.69) is 15.2 Å². The third-order valence-electron chi connectivity index (χ3n) is 4.43. The number of para-hydroxylation sites is 1. The molecule has 2 heterocycles. The fourth-order valence-corrected chi connectivity index (χ4v) is 3.69. The van der Waals surface area contributed by atoms with Gasteiger partial charge in [-0.3, -0.25) is 4.79 Å². The number of nitrogens with one attached hydrogen (secondary N) is 1. The number of rotatable bonds is 4. The van der Waals surface area contributed by atoms with Crippen molar-refractivity contribution in [3.05, 3.63) is 75.7 Å². The van der Waals surface area contributed by atoms with Crippen molar-refractivity contribution in [2.45, 2.75) is 19.7 Å². The standard InChI is InChI=1S/C20H19N3O2S/c1-13-21-15(12-26-13)11-25-16-9-7-14(8-10-16)19-22-20(24)17-5-3-4-6-18(17)23(19)2/h3-10,12,19H,11H2,1-2H3,(H,22,24). The first-order chi connectivity index (χ1) is 12.6. The lowest BCUT2D eigenvalue weighted by molar-refractivity contribution is 0.0928. The van der Waals surface area contributed by atoms with Gasteiger partial charge in [0.1, 0.15) is 18.5 Å². The first kappa shape index (κ1) is 16.6. The third kappa shape index (κ3) is 3.15. The molecular weight excluding hydrogens is 346 g/mol. The Kier molecular flexibility index (Phi) is 4.34. The summed E-state index contributed by atoms with van der Waals surface area (Å²) in [6, 6.07) is 15.5. The number of carbonyl (C=O) groups is 1. The maximum Gasteiger partial charge on any atom is 0.255 e. The fourth-order valence-electron chi connectivity index (χ4n) is 3.10. The molecule has 6 heteroatoms. The molecule has 0 bridgehead atoms. The predicted molar refractivity (Wildman–Crippen MR) is 103 cm³/mol. The molecule has 1 aliphatic rings. The molecule has 1 atom stereocenters. The first-order valence-corrected chi connectivity index (χ1v) is 9.26. The minimum absolute atomic E-state index is 0.0528. The molecule has 1 unspecified atom stereocenters. The lowest BCUT2D eigenvalue weighted by atomic mass is 10.0. The lowest BCUT2D eigenvalue weighted by Gasteiger charge is -2.36. The van der Waals surface area contributed by atoms with Crippen LogP contribution in [0.5, 0.6) is 5.75 Å². The second-order valence-corrected chi connectivity index (χ2v) is 7.28. The minimum Gasteiger partial charge on any atom is -0.487 e. The molecule has 0 saturated carbocycles. The SMILES string of the molecule is Cc1nc(COc2ccc(C3NC(=O)c4ccccc4N3C)cc2)cs1. The molecular formula is C20H19N3O2S. The number of aryl methyl sites for hydroxylation is 1. The number of aromatic nitrogens is 1. The van der Waals surface area contributed by atoms with Gasteiger partial charge in [-0.1, -0.05) is 24.3 Å². The molecule has 4 rings (SSSR count). The summed E-state index contributed by atoms with van der Waals surface area (Å²) in [5.74, 6) is 0.729. The van der Waals surface area contributed by atoms with Crippen molar-refractivity contribution in [1.82, 2.24) is 10.3 Å². The molecule has 2 aromatic carbocycles. The molecule has 0 aliphatic carbocycles. The van der Waals surface area contributed by atoms with Gasteiger partial charge in [0.2, 0.25) is 0 Å². The summed E-state index contributed by atoms with van der Waals surface area (Å²) in [4.78, 5) is 18.8. The third-order valence-corrected chi connectivity index (χ3v) is 5.26. The first-order valence-electron chi connectivity index (χ1n) is 8.38. The number of fused-ring (bicyclic) bond motifs is 1. The summed E-state index contributed by atoms with van der Waals surface area (Å²) in [6.07, 6.45) is -0.201. The van der Waals surface area contributed by atoms with Crippen molar-refractivity contribution < 1.29 is 9.53 Å². The summed E-state index contributed by atoms with van der Waals surface area (Å²) in [6.45, 7) is 2.44. The van der Waals surface area contributed by atoms with Gasteiger partial charge in [-0.25, -0.2) is 4.98 Å². The van der Waals surface area contributed by atoms with E-state index in [0.29, 0.717) is 12.2 Å². The van der Waals surface area contributed by atoms with Crippen molar-refractivity contribution in [3.8, 4) is 5.75 Å². The van der Waals surface area contributed by atoms with E-state index < -0.39 is 0 Å². The largest absolute Gasteiger partial charge is 0.487 e. The Bertz CT molecular complexity index is 936. The number of anilines is 1. The molecule has 1 amide bonds. The lowest BCUT2D eigenvalue weighted by Crippen LogP contribution is -2.44.